The Balaban J connectivity index is 2.96. The summed E-state index contributed by atoms with van der Waals surface area (Å²) in [4.78, 5) is 35.2. The first-order valence-corrected chi connectivity index (χ1v) is 14.1. The molecule has 34 heavy (non-hydrogen) atoms. The minimum atomic E-state index is -1.43. The fraction of sp³-hybridized carbons (Fsp3) is 0.654. The summed E-state index contributed by atoms with van der Waals surface area (Å²) >= 11 is 1.32. The van der Waals surface area contributed by atoms with Crippen LogP contribution in [-0.4, -0.2) is 56.0 Å². The van der Waals surface area contributed by atoms with Gasteiger partial charge in [0.25, 0.3) is 0 Å². The number of rotatable bonds is 12. The number of Topliss-reactive ketones (excluding diaryl/α,β-unsaturated/α-hetero) is 2. The predicted octanol–water partition coefficient (Wildman–Crippen LogP) is 4.49. The van der Waals surface area contributed by atoms with Crippen LogP contribution >= 0.6 is 11.8 Å². The molecular weight excluding hydrogens is 472 g/mol. The van der Waals surface area contributed by atoms with Gasteiger partial charge < -0.3 is 9.84 Å². The van der Waals surface area contributed by atoms with Crippen LogP contribution in [0.4, 0.5) is 0 Å². The van der Waals surface area contributed by atoms with Crippen LogP contribution in [0.1, 0.15) is 78.5 Å². The van der Waals surface area contributed by atoms with Crippen molar-refractivity contribution in [1.82, 2.24) is 0 Å². The molecule has 0 heterocycles. The Morgan fingerprint density at radius 2 is 1.53 bits per heavy atom. The monoisotopic (exact) mass is 512 g/mol. The van der Waals surface area contributed by atoms with E-state index in [1.807, 2.05) is 53.7 Å². The first kappa shape index (κ1) is 30.4. The number of thioether (sulfide) groups is 1. The van der Waals surface area contributed by atoms with Crippen LogP contribution in [0.25, 0.3) is 0 Å². The SMILES string of the molecule is CC(=O)CSCC(CS(=O)CC(C)=O)OC(=O)CCc1cc(C(C)(C)C)c(O)c(C(C)(C)C)c1. The van der Waals surface area contributed by atoms with E-state index in [0.717, 1.165) is 16.7 Å². The van der Waals surface area contributed by atoms with Crippen LogP contribution < -0.4 is 0 Å². The van der Waals surface area contributed by atoms with E-state index >= 15 is 0 Å². The molecule has 0 spiro atoms. The maximum absolute atomic E-state index is 12.6. The molecule has 0 aliphatic rings. The van der Waals surface area contributed by atoms with E-state index < -0.39 is 22.9 Å². The van der Waals surface area contributed by atoms with Crippen LogP contribution in [0.2, 0.25) is 0 Å². The Kier molecular flexibility index (Phi) is 11.5. The van der Waals surface area contributed by atoms with Gasteiger partial charge in [-0.2, -0.15) is 11.8 Å². The molecule has 0 bridgehead atoms. The molecule has 1 N–H and O–H groups in total. The topological polar surface area (TPSA) is 97.7 Å². The molecule has 0 saturated heterocycles. The Morgan fingerprint density at radius 1 is 1.00 bits per heavy atom. The summed E-state index contributed by atoms with van der Waals surface area (Å²) < 4.78 is 17.8. The van der Waals surface area contributed by atoms with Crippen LogP contribution in [0.15, 0.2) is 12.1 Å². The third kappa shape index (κ3) is 10.7. The van der Waals surface area contributed by atoms with Gasteiger partial charge in [-0.3, -0.25) is 18.6 Å². The standard InChI is InChI=1S/C26H40O6S2/c1-17(27)13-33-14-20(16-34(31)15-18(2)28)32-23(29)10-9-19-11-21(25(3,4)5)24(30)22(12-19)26(6,7)8/h11-12,20,30H,9-10,13-16H2,1-8H3. The summed E-state index contributed by atoms with van der Waals surface area (Å²) in [5, 5.41) is 10.9. The van der Waals surface area contributed by atoms with Gasteiger partial charge in [0.05, 0.1) is 17.3 Å². The highest BCUT2D eigenvalue weighted by molar-refractivity contribution is 8.00. The molecule has 0 aliphatic heterocycles. The number of phenols is 1. The van der Waals surface area contributed by atoms with Gasteiger partial charge in [-0.05, 0) is 47.8 Å². The molecule has 0 saturated carbocycles. The zero-order valence-corrected chi connectivity index (χ0v) is 23.4. The molecule has 8 heteroatoms. The highest BCUT2D eigenvalue weighted by Crippen LogP contribution is 2.40. The summed E-state index contributed by atoms with van der Waals surface area (Å²) in [5.41, 5.74) is 2.08. The zero-order valence-electron chi connectivity index (χ0n) is 21.8. The van der Waals surface area contributed by atoms with Crippen molar-refractivity contribution in [2.24, 2.45) is 0 Å². The van der Waals surface area contributed by atoms with Crippen molar-refractivity contribution in [1.29, 1.82) is 0 Å². The number of esters is 1. The van der Waals surface area contributed by atoms with Crippen molar-refractivity contribution < 1.29 is 28.4 Å². The number of ketones is 2. The third-order valence-corrected chi connectivity index (χ3v) is 7.74. The van der Waals surface area contributed by atoms with Gasteiger partial charge in [-0.1, -0.05) is 53.7 Å². The lowest BCUT2D eigenvalue weighted by Crippen LogP contribution is -2.29. The summed E-state index contributed by atoms with van der Waals surface area (Å²) in [5.74, 6) is 0.315. The van der Waals surface area contributed by atoms with Gasteiger partial charge in [-0.15, -0.1) is 0 Å². The lowest BCUT2D eigenvalue weighted by molar-refractivity contribution is -0.146. The third-order valence-electron chi connectivity index (χ3n) is 5.05. The number of hydrogen-bond donors (Lipinski definition) is 1. The number of phenolic OH excluding ortho intramolecular Hbond substituents is 1. The van der Waals surface area contributed by atoms with Gasteiger partial charge in [0.1, 0.15) is 23.4 Å². The van der Waals surface area contributed by atoms with Crippen molar-refractivity contribution in [3.63, 3.8) is 0 Å². The summed E-state index contributed by atoms with van der Waals surface area (Å²) in [7, 11) is -1.43. The molecule has 2 atom stereocenters. The van der Waals surface area contributed by atoms with E-state index in [-0.39, 0.29) is 46.1 Å². The van der Waals surface area contributed by atoms with E-state index in [4.69, 9.17) is 4.74 Å². The van der Waals surface area contributed by atoms with E-state index in [1.165, 1.54) is 25.6 Å². The molecule has 192 valence electrons. The van der Waals surface area contributed by atoms with E-state index in [1.54, 1.807) is 0 Å². The van der Waals surface area contributed by atoms with Crippen LogP contribution in [-0.2, 0) is 47.2 Å². The fourth-order valence-corrected chi connectivity index (χ4v) is 5.59. The van der Waals surface area contributed by atoms with Crippen molar-refractivity contribution in [3.8, 4) is 5.75 Å². The average molecular weight is 513 g/mol. The maximum Gasteiger partial charge on any atom is 0.306 e. The quantitative estimate of drug-likeness (QED) is 0.412. The zero-order chi connectivity index (χ0) is 26.3. The van der Waals surface area contributed by atoms with E-state index in [0.29, 0.717) is 17.9 Å². The Labute approximate surface area is 211 Å². The van der Waals surface area contributed by atoms with Crippen LogP contribution in [0.5, 0.6) is 5.75 Å². The minimum absolute atomic E-state index is 0.0107. The molecule has 6 nitrogen and oxygen atoms in total. The second kappa shape index (κ2) is 12.9. The van der Waals surface area contributed by atoms with E-state index in [2.05, 4.69) is 0 Å². The molecule has 0 radical (unpaired) electrons. The van der Waals surface area contributed by atoms with Crippen molar-refractivity contribution in [2.75, 3.05) is 23.0 Å². The lowest BCUT2D eigenvalue weighted by atomic mass is 9.78. The summed E-state index contributed by atoms with van der Waals surface area (Å²) in [6, 6.07) is 3.89. The van der Waals surface area contributed by atoms with Gasteiger partial charge in [0, 0.05) is 23.0 Å². The van der Waals surface area contributed by atoms with Gasteiger partial charge in [0.15, 0.2) is 0 Å². The van der Waals surface area contributed by atoms with Crippen molar-refractivity contribution in [2.45, 2.75) is 85.2 Å². The number of benzene rings is 1. The van der Waals surface area contributed by atoms with Crippen molar-refractivity contribution in [3.05, 3.63) is 28.8 Å². The molecule has 0 aliphatic carbocycles. The second-order valence-corrected chi connectivity index (χ2v) is 13.4. The molecule has 0 fully saturated rings. The summed E-state index contributed by atoms with van der Waals surface area (Å²) in [6.07, 6.45) is -0.0626. The second-order valence-electron chi connectivity index (χ2n) is 10.8. The molecule has 2 unspecified atom stereocenters. The Morgan fingerprint density at radius 3 is 1.97 bits per heavy atom. The molecule has 0 amide bonds. The van der Waals surface area contributed by atoms with Gasteiger partial charge in [0.2, 0.25) is 0 Å². The van der Waals surface area contributed by atoms with Gasteiger partial charge in [-0.25, -0.2) is 0 Å². The van der Waals surface area contributed by atoms with E-state index in [9.17, 15) is 23.7 Å². The molecule has 1 rings (SSSR count). The fourth-order valence-electron chi connectivity index (χ4n) is 3.42. The number of ether oxygens (including phenoxy) is 1. The number of aromatic hydroxyl groups is 1. The number of hydrogen-bond acceptors (Lipinski definition) is 7. The lowest BCUT2D eigenvalue weighted by Gasteiger charge is -2.28. The van der Waals surface area contributed by atoms with Crippen molar-refractivity contribution >= 4 is 40.1 Å². The van der Waals surface area contributed by atoms with Gasteiger partial charge >= 0.3 is 5.97 Å². The van der Waals surface area contributed by atoms with Crippen LogP contribution in [0.3, 0.4) is 0 Å². The predicted molar refractivity (Wildman–Crippen MR) is 140 cm³/mol. The average Bonchev–Trinajstić information content (AvgIpc) is 2.64. The molecule has 1 aromatic rings. The molecule has 1 aromatic carbocycles. The highest BCUT2D eigenvalue weighted by atomic mass is 32.2. The van der Waals surface area contributed by atoms with Crippen LogP contribution in [0, 0.1) is 0 Å². The normalized spacial score (nSPS) is 13.9. The summed E-state index contributed by atoms with van der Waals surface area (Å²) in [6.45, 7) is 15.1. The number of carbonyl (C=O) groups excluding carboxylic acids is 3. The largest absolute Gasteiger partial charge is 0.507 e. The minimum Gasteiger partial charge on any atom is -0.507 e. The number of carbonyl (C=O) groups is 3. The highest BCUT2D eigenvalue weighted by Gasteiger charge is 2.27. The Hall–Kier alpha value is -1.67. The Bertz CT molecular complexity index is 874. The number of aryl methyl sites for hydroxylation is 1. The first-order chi connectivity index (χ1) is 15.5. The first-order valence-electron chi connectivity index (χ1n) is 11.5. The smallest absolute Gasteiger partial charge is 0.306 e. The molecule has 0 aromatic heterocycles. The molecular formula is C26H40O6S2. The maximum atomic E-state index is 12.6.